The molecule has 0 aliphatic rings. The first kappa shape index (κ1) is 16.9. The lowest BCUT2D eigenvalue weighted by Gasteiger charge is -2.23. The van der Waals surface area contributed by atoms with Crippen LogP contribution in [0.3, 0.4) is 0 Å². The molecule has 0 spiro atoms. The molecule has 2 aromatic carbocycles. The average Bonchev–Trinajstić information content (AvgIpc) is 2.54. The Kier molecular flexibility index (Phi) is 6.29. The van der Waals surface area contributed by atoms with E-state index in [4.69, 9.17) is 16.3 Å². The fourth-order valence-electron chi connectivity index (χ4n) is 2.31. The summed E-state index contributed by atoms with van der Waals surface area (Å²) < 4.78 is 5.81. The lowest BCUT2D eigenvalue weighted by molar-refractivity contribution is 0.269. The van der Waals surface area contributed by atoms with Crippen LogP contribution in [0.1, 0.15) is 25.0 Å². The summed E-state index contributed by atoms with van der Waals surface area (Å²) in [5.41, 5.74) is 2.34. The monoisotopic (exact) mass is 317 g/mol. The highest BCUT2D eigenvalue weighted by Gasteiger charge is 2.08. The normalized spacial score (nSPS) is 12.4. The molecule has 1 atom stereocenters. The van der Waals surface area contributed by atoms with E-state index in [9.17, 15) is 0 Å². The lowest BCUT2D eigenvalue weighted by Crippen LogP contribution is -2.30. The summed E-state index contributed by atoms with van der Waals surface area (Å²) in [5.74, 6) is 0.875. The van der Waals surface area contributed by atoms with E-state index in [-0.39, 0.29) is 0 Å². The van der Waals surface area contributed by atoms with E-state index in [0.29, 0.717) is 12.6 Å². The van der Waals surface area contributed by atoms with Crippen molar-refractivity contribution in [2.45, 2.75) is 32.9 Å². The minimum absolute atomic E-state index is 0.494. The van der Waals surface area contributed by atoms with Crippen LogP contribution in [0.2, 0.25) is 5.02 Å². The van der Waals surface area contributed by atoms with Gasteiger partial charge in [-0.05, 0) is 50.7 Å². The first-order valence-electron chi connectivity index (χ1n) is 7.75. The molecule has 0 aliphatic carbocycles. The van der Waals surface area contributed by atoms with Gasteiger partial charge in [0.25, 0.3) is 0 Å². The maximum atomic E-state index is 6.13. The summed E-state index contributed by atoms with van der Waals surface area (Å²) in [6, 6.07) is 16.7. The van der Waals surface area contributed by atoms with E-state index in [1.54, 1.807) is 0 Å². The Morgan fingerprint density at radius 1 is 1.09 bits per heavy atom. The Hall–Kier alpha value is -1.51. The van der Waals surface area contributed by atoms with Gasteiger partial charge in [0.15, 0.2) is 0 Å². The van der Waals surface area contributed by atoms with Crippen LogP contribution in [0, 0.1) is 0 Å². The van der Waals surface area contributed by atoms with Crippen molar-refractivity contribution in [3.63, 3.8) is 0 Å². The summed E-state index contributed by atoms with van der Waals surface area (Å²) in [5, 5.41) is 0.746. The van der Waals surface area contributed by atoms with Gasteiger partial charge in [-0.2, -0.15) is 0 Å². The molecule has 2 aromatic rings. The molecule has 0 amide bonds. The molecule has 0 unspecified atom stereocenters. The van der Waals surface area contributed by atoms with Crippen LogP contribution in [0.5, 0.6) is 5.75 Å². The number of nitrogens with zero attached hydrogens (tertiary/aromatic N) is 1. The summed E-state index contributed by atoms with van der Waals surface area (Å²) in [6.07, 6.45) is 1.05. The maximum absolute atomic E-state index is 6.13. The standard InChI is InChI=1S/C19H24ClNO/c1-4-21(3)15(2)13-16-9-11-18(12-10-16)22-14-17-7-5-6-8-19(17)20/h5-12,15H,4,13-14H2,1-3H3/t15-/m1/s1. The van der Waals surface area contributed by atoms with Crippen molar-refractivity contribution in [1.29, 1.82) is 0 Å². The SMILES string of the molecule is CCN(C)[C@H](C)Cc1ccc(OCc2ccccc2Cl)cc1. The molecule has 0 bridgehead atoms. The molecule has 0 radical (unpaired) electrons. The quantitative estimate of drug-likeness (QED) is 0.727. The third-order valence-corrected chi connectivity index (χ3v) is 4.43. The van der Waals surface area contributed by atoms with Crippen LogP contribution in [0.15, 0.2) is 48.5 Å². The van der Waals surface area contributed by atoms with Gasteiger partial charge in [-0.15, -0.1) is 0 Å². The Bertz CT molecular complexity index is 582. The minimum Gasteiger partial charge on any atom is -0.489 e. The van der Waals surface area contributed by atoms with Crippen molar-refractivity contribution in [3.8, 4) is 5.75 Å². The van der Waals surface area contributed by atoms with Crippen LogP contribution in [-0.4, -0.2) is 24.5 Å². The smallest absolute Gasteiger partial charge is 0.119 e. The second kappa shape index (κ2) is 8.21. The Morgan fingerprint density at radius 2 is 1.77 bits per heavy atom. The van der Waals surface area contributed by atoms with E-state index >= 15 is 0 Å². The Labute approximate surface area is 138 Å². The molecule has 2 nitrogen and oxygen atoms in total. The third-order valence-electron chi connectivity index (χ3n) is 4.06. The summed E-state index contributed by atoms with van der Waals surface area (Å²) >= 11 is 6.13. The number of ether oxygens (including phenoxy) is 1. The first-order chi connectivity index (χ1) is 10.6. The molecule has 3 heteroatoms. The maximum Gasteiger partial charge on any atom is 0.119 e. The van der Waals surface area contributed by atoms with Crippen LogP contribution < -0.4 is 4.74 Å². The van der Waals surface area contributed by atoms with Crippen LogP contribution in [-0.2, 0) is 13.0 Å². The summed E-state index contributed by atoms with van der Waals surface area (Å²) in [6.45, 7) is 6.00. The molecule has 0 aliphatic heterocycles. The Morgan fingerprint density at radius 3 is 2.41 bits per heavy atom. The number of likely N-dealkylation sites (N-methyl/N-ethyl adjacent to an activating group) is 1. The van der Waals surface area contributed by atoms with Crippen LogP contribution >= 0.6 is 11.6 Å². The van der Waals surface area contributed by atoms with Gasteiger partial charge in [-0.25, -0.2) is 0 Å². The summed E-state index contributed by atoms with van der Waals surface area (Å²) in [7, 11) is 2.16. The van der Waals surface area contributed by atoms with Gasteiger partial charge in [-0.3, -0.25) is 0 Å². The lowest BCUT2D eigenvalue weighted by atomic mass is 10.1. The van der Waals surface area contributed by atoms with Crippen LogP contribution in [0.4, 0.5) is 0 Å². The van der Waals surface area contributed by atoms with Gasteiger partial charge < -0.3 is 9.64 Å². The van der Waals surface area contributed by atoms with Crippen LogP contribution in [0.25, 0.3) is 0 Å². The second-order valence-corrected chi connectivity index (χ2v) is 6.06. The highest BCUT2D eigenvalue weighted by molar-refractivity contribution is 6.31. The first-order valence-corrected chi connectivity index (χ1v) is 8.13. The highest BCUT2D eigenvalue weighted by atomic mass is 35.5. The average molecular weight is 318 g/mol. The molecule has 0 heterocycles. The fraction of sp³-hybridized carbons (Fsp3) is 0.368. The Balaban J connectivity index is 1.91. The molecule has 0 fully saturated rings. The molecule has 0 N–H and O–H groups in total. The fourth-order valence-corrected chi connectivity index (χ4v) is 2.50. The van der Waals surface area contributed by atoms with Crippen molar-refractivity contribution in [3.05, 3.63) is 64.7 Å². The highest BCUT2D eigenvalue weighted by Crippen LogP contribution is 2.19. The molecular formula is C19H24ClNO. The van der Waals surface area contributed by atoms with Gasteiger partial charge in [0.2, 0.25) is 0 Å². The largest absolute Gasteiger partial charge is 0.489 e. The van der Waals surface area contributed by atoms with Gasteiger partial charge in [0.05, 0.1) is 0 Å². The third kappa shape index (κ3) is 4.75. The van der Waals surface area contributed by atoms with E-state index in [2.05, 4.69) is 37.9 Å². The zero-order chi connectivity index (χ0) is 15.9. The van der Waals surface area contributed by atoms with Gasteiger partial charge in [0.1, 0.15) is 12.4 Å². The molecule has 118 valence electrons. The number of rotatable bonds is 7. The summed E-state index contributed by atoms with van der Waals surface area (Å²) in [4.78, 5) is 2.35. The number of benzene rings is 2. The van der Waals surface area contributed by atoms with Gasteiger partial charge >= 0.3 is 0 Å². The second-order valence-electron chi connectivity index (χ2n) is 5.65. The van der Waals surface area contributed by atoms with E-state index < -0.39 is 0 Å². The zero-order valence-electron chi connectivity index (χ0n) is 13.6. The van der Waals surface area contributed by atoms with Gasteiger partial charge in [0, 0.05) is 16.6 Å². The number of halogens is 1. The number of hydrogen-bond acceptors (Lipinski definition) is 2. The van der Waals surface area contributed by atoms with Crippen molar-refractivity contribution in [2.24, 2.45) is 0 Å². The van der Waals surface area contributed by atoms with Crippen molar-refractivity contribution >= 4 is 11.6 Å². The van der Waals surface area contributed by atoms with E-state index in [1.807, 2.05) is 36.4 Å². The molecular weight excluding hydrogens is 294 g/mol. The topological polar surface area (TPSA) is 12.5 Å². The predicted octanol–water partition coefficient (Wildman–Crippen LogP) is 4.80. The zero-order valence-corrected chi connectivity index (χ0v) is 14.3. The van der Waals surface area contributed by atoms with E-state index in [0.717, 1.165) is 29.3 Å². The van der Waals surface area contributed by atoms with E-state index in [1.165, 1.54) is 5.56 Å². The van der Waals surface area contributed by atoms with Crippen molar-refractivity contribution < 1.29 is 4.74 Å². The predicted molar refractivity (Wildman–Crippen MR) is 93.7 cm³/mol. The van der Waals surface area contributed by atoms with Gasteiger partial charge in [-0.1, -0.05) is 48.9 Å². The number of hydrogen-bond donors (Lipinski definition) is 0. The molecule has 22 heavy (non-hydrogen) atoms. The molecule has 2 rings (SSSR count). The molecule has 0 saturated heterocycles. The minimum atomic E-state index is 0.494. The molecule has 0 saturated carbocycles. The van der Waals surface area contributed by atoms with Crippen molar-refractivity contribution in [1.82, 2.24) is 4.90 Å². The molecule has 0 aromatic heterocycles. The van der Waals surface area contributed by atoms with Crippen molar-refractivity contribution in [2.75, 3.05) is 13.6 Å².